The van der Waals surface area contributed by atoms with E-state index in [1.54, 1.807) is 35.4 Å². The molecule has 0 spiro atoms. The smallest absolute Gasteiger partial charge is 0.410 e. The van der Waals surface area contributed by atoms with E-state index in [1.165, 1.54) is 6.26 Å². The minimum atomic E-state index is -3.20. The van der Waals surface area contributed by atoms with Gasteiger partial charge in [-0.15, -0.1) is 0 Å². The fourth-order valence-electron chi connectivity index (χ4n) is 3.44. The number of hydrogen-bond acceptors (Lipinski definition) is 6. The average Bonchev–Trinajstić information content (AvgIpc) is 2.71. The molecule has 0 atom stereocenters. The second-order valence-corrected chi connectivity index (χ2v) is 11.0. The molecule has 3 rings (SSSR count). The number of amides is 1. The Kier molecular flexibility index (Phi) is 7.01. The van der Waals surface area contributed by atoms with Crippen molar-refractivity contribution in [1.29, 1.82) is 0 Å². The normalized spacial score (nSPS) is 15.7. The Morgan fingerprint density at radius 1 is 1.10 bits per heavy atom. The molecule has 1 aliphatic heterocycles. The van der Waals surface area contributed by atoms with Gasteiger partial charge in [-0.2, -0.15) is 0 Å². The van der Waals surface area contributed by atoms with E-state index in [4.69, 9.17) is 4.74 Å². The molecule has 0 unspecified atom stereocenters. The van der Waals surface area contributed by atoms with Gasteiger partial charge in [-0.3, -0.25) is 4.98 Å². The van der Waals surface area contributed by atoms with Gasteiger partial charge in [-0.1, -0.05) is 18.2 Å². The predicted octanol–water partition coefficient (Wildman–Crippen LogP) is 3.64. The number of carbonyl (C=O) groups is 1. The van der Waals surface area contributed by atoms with Crippen LogP contribution in [0, 0.1) is 0 Å². The van der Waals surface area contributed by atoms with Crippen LogP contribution in [0.15, 0.2) is 47.5 Å². The summed E-state index contributed by atoms with van der Waals surface area (Å²) >= 11 is 0. The molecular weight excluding hydrogens is 414 g/mol. The first-order chi connectivity index (χ1) is 14.5. The summed E-state index contributed by atoms with van der Waals surface area (Å²) in [6.07, 6.45) is 4.52. The zero-order valence-electron chi connectivity index (χ0n) is 18.6. The molecule has 1 N–H and O–H groups in total. The highest BCUT2D eigenvalue weighted by Crippen LogP contribution is 2.21. The van der Waals surface area contributed by atoms with E-state index in [0.717, 1.165) is 29.7 Å². The highest BCUT2D eigenvalue weighted by atomic mass is 32.2. The van der Waals surface area contributed by atoms with Crippen molar-refractivity contribution in [1.82, 2.24) is 15.2 Å². The molecule has 1 saturated heterocycles. The Hall–Kier alpha value is -2.45. The Bertz CT molecular complexity index is 989. The van der Waals surface area contributed by atoms with Crippen molar-refractivity contribution in [2.24, 2.45) is 0 Å². The van der Waals surface area contributed by atoms with Crippen LogP contribution in [0.2, 0.25) is 0 Å². The number of aromatic nitrogens is 1. The van der Waals surface area contributed by atoms with Gasteiger partial charge in [-0.25, -0.2) is 13.2 Å². The molecule has 1 amide bonds. The monoisotopic (exact) mass is 445 g/mol. The summed E-state index contributed by atoms with van der Waals surface area (Å²) in [5, 5.41) is 3.52. The Balaban J connectivity index is 1.48. The van der Waals surface area contributed by atoms with Crippen molar-refractivity contribution < 1.29 is 17.9 Å². The second-order valence-electron chi connectivity index (χ2n) is 8.96. The summed E-state index contributed by atoms with van der Waals surface area (Å²) in [5.41, 5.74) is 2.33. The minimum absolute atomic E-state index is 0.243. The summed E-state index contributed by atoms with van der Waals surface area (Å²) in [5.74, 6) is 0. The molecule has 2 aromatic rings. The van der Waals surface area contributed by atoms with Crippen LogP contribution in [-0.4, -0.2) is 55.4 Å². The number of nitrogens with one attached hydrogen (secondary N) is 1. The van der Waals surface area contributed by atoms with E-state index in [-0.39, 0.29) is 6.09 Å². The number of hydrogen-bond donors (Lipinski definition) is 1. The van der Waals surface area contributed by atoms with Gasteiger partial charge in [0.2, 0.25) is 0 Å². The van der Waals surface area contributed by atoms with Gasteiger partial charge in [0.05, 0.1) is 10.6 Å². The van der Waals surface area contributed by atoms with E-state index >= 15 is 0 Å². The van der Waals surface area contributed by atoms with Gasteiger partial charge in [0.15, 0.2) is 9.84 Å². The van der Waals surface area contributed by atoms with Gasteiger partial charge in [0.1, 0.15) is 5.60 Å². The first kappa shape index (κ1) is 23.2. The predicted molar refractivity (Wildman–Crippen MR) is 120 cm³/mol. The summed E-state index contributed by atoms with van der Waals surface area (Å²) < 4.78 is 28.6. The van der Waals surface area contributed by atoms with Crippen molar-refractivity contribution in [3.05, 3.63) is 48.3 Å². The number of ether oxygens (including phenoxy) is 1. The molecule has 0 aliphatic carbocycles. The molecule has 31 heavy (non-hydrogen) atoms. The maximum absolute atomic E-state index is 12.2. The average molecular weight is 446 g/mol. The Morgan fingerprint density at radius 2 is 1.71 bits per heavy atom. The fraction of sp³-hybridized carbons (Fsp3) is 0.478. The highest BCUT2D eigenvalue weighted by molar-refractivity contribution is 7.90. The lowest BCUT2D eigenvalue weighted by atomic mass is 10.0. The number of sulfone groups is 1. The van der Waals surface area contributed by atoms with Crippen LogP contribution in [0.5, 0.6) is 0 Å². The third kappa shape index (κ3) is 6.77. The van der Waals surface area contributed by atoms with Crippen molar-refractivity contribution in [2.45, 2.75) is 56.7 Å². The van der Waals surface area contributed by atoms with Crippen LogP contribution in [0.4, 0.5) is 4.79 Å². The highest BCUT2D eigenvalue weighted by Gasteiger charge is 2.26. The lowest BCUT2D eigenvalue weighted by Crippen LogP contribution is -2.46. The van der Waals surface area contributed by atoms with Crippen molar-refractivity contribution >= 4 is 15.9 Å². The summed E-state index contributed by atoms with van der Waals surface area (Å²) in [7, 11) is -3.20. The molecule has 168 valence electrons. The number of nitrogens with zero attached hydrogens (tertiary/aromatic N) is 2. The topological polar surface area (TPSA) is 88.6 Å². The second kappa shape index (κ2) is 9.36. The molecule has 8 heteroatoms. The summed E-state index contributed by atoms with van der Waals surface area (Å²) in [4.78, 5) is 18.8. The molecule has 0 saturated carbocycles. The maximum atomic E-state index is 12.2. The molecule has 7 nitrogen and oxygen atoms in total. The number of piperidine rings is 1. The van der Waals surface area contributed by atoms with Crippen molar-refractivity contribution in [2.75, 3.05) is 19.3 Å². The summed E-state index contributed by atoms with van der Waals surface area (Å²) in [6.45, 7) is 7.65. The molecule has 1 aromatic carbocycles. The van der Waals surface area contributed by atoms with Gasteiger partial charge in [0.25, 0.3) is 0 Å². The molecule has 1 aromatic heterocycles. The van der Waals surface area contributed by atoms with Gasteiger partial charge in [0, 0.05) is 43.7 Å². The summed E-state index contributed by atoms with van der Waals surface area (Å²) in [6, 6.07) is 11.1. The van der Waals surface area contributed by atoms with E-state index in [0.29, 0.717) is 30.6 Å². The first-order valence-electron chi connectivity index (χ1n) is 10.5. The lowest BCUT2D eigenvalue weighted by molar-refractivity contribution is 0.0198. The van der Waals surface area contributed by atoms with Gasteiger partial charge >= 0.3 is 6.09 Å². The van der Waals surface area contributed by atoms with Crippen molar-refractivity contribution in [3.8, 4) is 11.1 Å². The quantitative estimate of drug-likeness (QED) is 0.756. The van der Waals surface area contributed by atoms with E-state index in [2.05, 4.69) is 10.3 Å². The number of pyridine rings is 1. The third-order valence-electron chi connectivity index (χ3n) is 5.16. The van der Waals surface area contributed by atoms with Crippen LogP contribution in [0.25, 0.3) is 11.1 Å². The molecule has 0 radical (unpaired) electrons. The fourth-order valence-corrected chi connectivity index (χ4v) is 4.07. The van der Waals surface area contributed by atoms with Crippen LogP contribution < -0.4 is 5.32 Å². The van der Waals surface area contributed by atoms with Crippen LogP contribution in [0.3, 0.4) is 0 Å². The standard InChI is InChI=1S/C23H31N3O4S/c1-23(2,3)30-22(27)26-13-11-19(12-14-26)25-16-20-8-5-18(15-24-20)17-6-9-21(10-7-17)31(4,28)29/h5-10,15,19,25H,11-14,16H2,1-4H3. The zero-order valence-corrected chi connectivity index (χ0v) is 19.4. The van der Waals surface area contributed by atoms with E-state index in [9.17, 15) is 13.2 Å². The SMILES string of the molecule is CC(C)(C)OC(=O)N1CCC(NCc2ccc(-c3ccc(S(C)(=O)=O)cc3)cn2)CC1. The third-order valence-corrected chi connectivity index (χ3v) is 6.29. The van der Waals surface area contributed by atoms with Crippen molar-refractivity contribution in [3.63, 3.8) is 0 Å². The molecule has 1 aliphatic rings. The van der Waals surface area contributed by atoms with Crippen LogP contribution in [-0.2, 0) is 21.1 Å². The Morgan fingerprint density at radius 3 is 2.23 bits per heavy atom. The van der Waals surface area contributed by atoms with E-state index < -0.39 is 15.4 Å². The number of carbonyl (C=O) groups excluding carboxylic acids is 1. The Labute approximate surface area is 184 Å². The lowest BCUT2D eigenvalue weighted by Gasteiger charge is -2.33. The van der Waals surface area contributed by atoms with Crippen LogP contribution in [0.1, 0.15) is 39.3 Å². The maximum Gasteiger partial charge on any atom is 0.410 e. The molecule has 1 fully saturated rings. The molecular formula is C23H31N3O4S. The van der Waals surface area contributed by atoms with Gasteiger partial charge < -0.3 is 15.0 Å². The minimum Gasteiger partial charge on any atom is -0.444 e. The first-order valence-corrected chi connectivity index (χ1v) is 12.4. The molecule has 0 bridgehead atoms. The van der Waals surface area contributed by atoms with Crippen LogP contribution >= 0.6 is 0 Å². The largest absolute Gasteiger partial charge is 0.444 e. The number of likely N-dealkylation sites (tertiary alicyclic amines) is 1. The zero-order chi connectivity index (χ0) is 22.6. The molecule has 2 heterocycles. The number of rotatable bonds is 5. The number of benzene rings is 1. The van der Waals surface area contributed by atoms with E-state index in [1.807, 2.05) is 32.9 Å². The van der Waals surface area contributed by atoms with Gasteiger partial charge in [-0.05, 0) is 57.4 Å².